The summed E-state index contributed by atoms with van der Waals surface area (Å²) in [5, 5.41) is 16.3. The monoisotopic (exact) mass is 424 g/mol. The molecule has 1 aliphatic rings. The second-order valence-electron chi connectivity index (χ2n) is 8.54. The van der Waals surface area contributed by atoms with Gasteiger partial charge in [-0.3, -0.25) is 4.79 Å². The Bertz CT molecular complexity index is 758. The zero-order chi connectivity index (χ0) is 21.7. The molecule has 1 heterocycles. The third-order valence-electron chi connectivity index (χ3n) is 6.05. The lowest BCUT2D eigenvalue weighted by Crippen LogP contribution is -2.29. The van der Waals surface area contributed by atoms with Gasteiger partial charge in [-0.15, -0.1) is 0 Å². The van der Waals surface area contributed by atoms with Crippen LogP contribution in [0.25, 0.3) is 0 Å². The third kappa shape index (κ3) is 8.72. The van der Waals surface area contributed by atoms with Crippen LogP contribution in [0.5, 0.6) is 5.75 Å². The number of benzene rings is 2. The number of hydrogen-bond acceptors (Lipinski definition) is 4. The van der Waals surface area contributed by atoms with Crippen LogP contribution in [0, 0.1) is 11.8 Å². The number of rotatable bonds is 13. The van der Waals surface area contributed by atoms with Gasteiger partial charge >= 0.3 is 5.97 Å². The van der Waals surface area contributed by atoms with Crippen molar-refractivity contribution in [2.75, 3.05) is 26.2 Å². The Kier molecular flexibility index (Phi) is 9.87. The Morgan fingerprint density at radius 2 is 1.77 bits per heavy atom. The summed E-state index contributed by atoms with van der Waals surface area (Å²) in [4.78, 5) is 11.7. The van der Waals surface area contributed by atoms with E-state index in [0.29, 0.717) is 19.5 Å². The van der Waals surface area contributed by atoms with Gasteiger partial charge in [-0.2, -0.15) is 0 Å². The van der Waals surface area contributed by atoms with Crippen LogP contribution in [-0.2, 0) is 17.8 Å². The maximum absolute atomic E-state index is 11.7. The first-order chi connectivity index (χ1) is 15.2. The lowest BCUT2D eigenvalue weighted by Gasteiger charge is -2.22. The Morgan fingerprint density at radius 3 is 2.48 bits per heavy atom. The number of aliphatic carboxylic acids is 1. The van der Waals surface area contributed by atoms with Crippen molar-refractivity contribution in [1.82, 2.24) is 10.6 Å². The van der Waals surface area contributed by atoms with Gasteiger partial charge < -0.3 is 20.5 Å². The lowest BCUT2D eigenvalue weighted by atomic mass is 9.93. The minimum atomic E-state index is -0.769. The van der Waals surface area contributed by atoms with Crippen molar-refractivity contribution < 1.29 is 14.6 Å². The Balaban J connectivity index is 1.35. The Labute approximate surface area is 186 Å². The number of unbranched alkanes of at least 4 members (excludes halogenated alkanes) is 1. The van der Waals surface area contributed by atoms with Crippen molar-refractivity contribution in [2.24, 2.45) is 11.8 Å². The fourth-order valence-corrected chi connectivity index (χ4v) is 4.14. The van der Waals surface area contributed by atoms with Gasteiger partial charge in [-0.05, 0) is 74.4 Å². The zero-order valence-electron chi connectivity index (χ0n) is 18.4. The predicted molar refractivity (Wildman–Crippen MR) is 124 cm³/mol. The lowest BCUT2D eigenvalue weighted by molar-refractivity contribution is -0.141. The Morgan fingerprint density at radius 1 is 1.03 bits per heavy atom. The SMILES string of the molecule is O=C(O)C(CNCc1ccccc1)Cc1ccc(OCCCCC2CCNCC2)cc1. The molecule has 1 atom stereocenters. The first-order valence-electron chi connectivity index (χ1n) is 11.6. The van der Waals surface area contributed by atoms with E-state index >= 15 is 0 Å². The molecule has 168 valence electrons. The van der Waals surface area contributed by atoms with E-state index in [9.17, 15) is 9.90 Å². The number of nitrogens with one attached hydrogen (secondary N) is 2. The summed E-state index contributed by atoms with van der Waals surface area (Å²) in [6.07, 6.45) is 6.73. The number of carboxylic acid groups (broad SMARTS) is 1. The minimum Gasteiger partial charge on any atom is -0.494 e. The van der Waals surface area contributed by atoms with Crippen LogP contribution in [0.15, 0.2) is 54.6 Å². The summed E-state index contributed by atoms with van der Waals surface area (Å²) in [5.41, 5.74) is 2.18. The quantitative estimate of drug-likeness (QED) is 0.419. The van der Waals surface area contributed by atoms with E-state index in [0.717, 1.165) is 35.8 Å². The highest BCUT2D eigenvalue weighted by Gasteiger charge is 2.17. The fourth-order valence-electron chi connectivity index (χ4n) is 4.14. The van der Waals surface area contributed by atoms with E-state index in [1.165, 1.54) is 38.8 Å². The molecule has 5 nitrogen and oxygen atoms in total. The largest absolute Gasteiger partial charge is 0.494 e. The summed E-state index contributed by atoms with van der Waals surface area (Å²) < 4.78 is 5.88. The highest BCUT2D eigenvalue weighted by Crippen LogP contribution is 2.19. The molecule has 1 unspecified atom stereocenters. The van der Waals surface area contributed by atoms with Gasteiger partial charge in [0.05, 0.1) is 12.5 Å². The molecule has 1 saturated heterocycles. The maximum Gasteiger partial charge on any atom is 0.308 e. The average molecular weight is 425 g/mol. The molecule has 5 heteroatoms. The molecule has 0 amide bonds. The molecular weight excluding hydrogens is 388 g/mol. The second-order valence-corrected chi connectivity index (χ2v) is 8.54. The van der Waals surface area contributed by atoms with Gasteiger partial charge in [0.25, 0.3) is 0 Å². The zero-order valence-corrected chi connectivity index (χ0v) is 18.4. The van der Waals surface area contributed by atoms with Crippen LogP contribution in [0.1, 0.15) is 43.2 Å². The van der Waals surface area contributed by atoms with E-state index in [2.05, 4.69) is 10.6 Å². The van der Waals surface area contributed by atoms with E-state index in [1.807, 2.05) is 54.6 Å². The van der Waals surface area contributed by atoms with Crippen molar-refractivity contribution in [1.29, 1.82) is 0 Å². The molecule has 0 aliphatic carbocycles. The third-order valence-corrected chi connectivity index (χ3v) is 6.05. The summed E-state index contributed by atoms with van der Waals surface area (Å²) in [6, 6.07) is 17.9. The summed E-state index contributed by atoms with van der Waals surface area (Å²) >= 11 is 0. The maximum atomic E-state index is 11.7. The van der Waals surface area contributed by atoms with E-state index in [1.54, 1.807) is 0 Å². The summed E-state index contributed by atoms with van der Waals surface area (Å²) in [5.74, 6) is 0.518. The molecule has 2 aromatic carbocycles. The van der Waals surface area contributed by atoms with Gasteiger partial charge in [0, 0.05) is 13.1 Å². The van der Waals surface area contributed by atoms with Crippen LogP contribution in [0.2, 0.25) is 0 Å². The number of ether oxygens (including phenoxy) is 1. The average Bonchev–Trinajstić information content (AvgIpc) is 2.80. The topological polar surface area (TPSA) is 70.6 Å². The first kappa shape index (κ1) is 23.3. The van der Waals surface area contributed by atoms with Crippen LogP contribution < -0.4 is 15.4 Å². The number of carbonyl (C=O) groups is 1. The van der Waals surface area contributed by atoms with Gasteiger partial charge in [0.15, 0.2) is 0 Å². The smallest absolute Gasteiger partial charge is 0.308 e. The van der Waals surface area contributed by atoms with Crippen molar-refractivity contribution >= 4 is 5.97 Å². The molecule has 3 N–H and O–H groups in total. The molecule has 0 radical (unpaired) electrons. The fraction of sp³-hybridized carbons (Fsp3) is 0.500. The second kappa shape index (κ2) is 13.1. The van der Waals surface area contributed by atoms with E-state index < -0.39 is 11.9 Å². The molecule has 0 saturated carbocycles. The van der Waals surface area contributed by atoms with Gasteiger partial charge in [0.1, 0.15) is 5.75 Å². The van der Waals surface area contributed by atoms with Crippen molar-refractivity contribution in [3.8, 4) is 5.75 Å². The molecule has 0 aromatic heterocycles. The standard InChI is InChI=1S/C26H36N2O3/c29-26(30)24(20-28-19-23-7-2-1-3-8-23)18-22-9-11-25(12-10-22)31-17-5-4-6-21-13-15-27-16-14-21/h1-3,7-12,21,24,27-28H,4-6,13-20H2,(H,29,30). The molecule has 2 aromatic rings. The molecular formula is C26H36N2O3. The minimum absolute atomic E-state index is 0.444. The molecule has 3 rings (SSSR count). The molecule has 0 spiro atoms. The van der Waals surface area contributed by atoms with Crippen LogP contribution in [0.4, 0.5) is 0 Å². The van der Waals surface area contributed by atoms with Crippen molar-refractivity contribution in [3.05, 3.63) is 65.7 Å². The highest BCUT2D eigenvalue weighted by atomic mass is 16.5. The summed E-state index contributed by atoms with van der Waals surface area (Å²) in [6.45, 7) is 4.19. The van der Waals surface area contributed by atoms with Crippen LogP contribution in [-0.4, -0.2) is 37.3 Å². The van der Waals surface area contributed by atoms with Crippen molar-refractivity contribution in [3.63, 3.8) is 0 Å². The van der Waals surface area contributed by atoms with E-state index in [4.69, 9.17) is 4.74 Å². The van der Waals surface area contributed by atoms with Gasteiger partial charge in [-0.25, -0.2) is 0 Å². The molecule has 1 fully saturated rings. The van der Waals surface area contributed by atoms with Crippen molar-refractivity contribution in [2.45, 2.75) is 45.1 Å². The first-order valence-corrected chi connectivity index (χ1v) is 11.6. The number of carboxylic acids is 1. The van der Waals surface area contributed by atoms with Gasteiger partial charge in [-0.1, -0.05) is 48.9 Å². The molecule has 31 heavy (non-hydrogen) atoms. The highest BCUT2D eigenvalue weighted by molar-refractivity contribution is 5.70. The molecule has 0 bridgehead atoms. The molecule has 1 aliphatic heterocycles. The normalized spacial score (nSPS) is 15.5. The van der Waals surface area contributed by atoms with Gasteiger partial charge in [0.2, 0.25) is 0 Å². The van der Waals surface area contributed by atoms with Crippen LogP contribution in [0.3, 0.4) is 0 Å². The predicted octanol–water partition coefficient (Wildman–Crippen LogP) is 4.27. The number of piperidine rings is 1. The van der Waals surface area contributed by atoms with Crippen LogP contribution >= 0.6 is 0 Å². The number of hydrogen-bond donors (Lipinski definition) is 3. The summed E-state index contributed by atoms with van der Waals surface area (Å²) in [7, 11) is 0. The Hall–Kier alpha value is -2.37. The van der Waals surface area contributed by atoms with E-state index in [-0.39, 0.29) is 0 Å².